The van der Waals surface area contributed by atoms with E-state index in [9.17, 15) is 0 Å². The number of likely N-dealkylation sites (tertiary alicyclic amines) is 1. The van der Waals surface area contributed by atoms with Gasteiger partial charge in [-0.05, 0) is 32.8 Å². The summed E-state index contributed by atoms with van der Waals surface area (Å²) in [6, 6.07) is 5.08. The molecule has 0 aromatic carbocycles. The van der Waals surface area contributed by atoms with E-state index in [4.69, 9.17) is 5.73 Å². The molecule has 3 N–H and O–H groups in total. The van der Waals surface area contributed by atoms with Gasteiger partial charge in [-0.3, -0.25) is 4.90 Å². The number of rotatable bonds is 4. The summed E-state index contributed by atoms with van der Waals surface area (Å²) in [5.41, 5.74) is 6.48. The quantitative estimate of drug-likeness (QED) is 0.858. The lowest BCUT2D eigenvalue weighted by molar-refractivity contribution is 0.109. The Labute approximate surface area is 110 Å². The average molecular weight is 248 g/mol. The van der Waals surface area contributed by atoms with Crippen molar-refractivity contribution in [3.05, 3.63) is 18.3 Å². The average Bonchev–Trinajstić information content (AvgIpc) is 2.33. The minimum absolute atomic E-state index is 0.698. The first-order valence-corrected chi connectivity index (χ1v) is 6.88. The fraction of sp³-hybridized carbons (Fsp3) is 0.643. The standard InChI is InChI=1S/C14H24N4/c1-11-4-3-5-12(2)18(11)9-8-17-14-10-13(15)6-7-16-14/h6-7,10-12H,3-5,8-9H2,1-2H3,(H3,15,16,17). The van der Waals surface area contributed by atoms with Gasteiger partial charge in [-0.25, -0.2) is 4.98 Å². The highest BCUT2D eigenvalue weighted by atomic mass is 15.2. The van der Waals surface area contributed by atoms with Crippen molar-refractivity contribution >= 4 is 11.5 Å². The third-order valence-electron chi connectivity index (χ3n) is 3.84. The van der Waals surface area contributed by atoms with E-state index in [1.807, 2.05) is 6.07 Å². The highest BCUT2D eigenvalue weighted by Gasteiger charge is 2.23. The summed E-state index contributed by atoms with van der Waals surface area (Å²) in [6.07, 6.45) is 5.74. The lowest BCUT2D eigenvalue weighted by Gasteiger charge is -2.39. The van der Waals surface area contributed by atoms with E-state index in [0.29, 0.717) is 12.1 Å². The molecule has 2 atom stereocenters. The van der Waals surface area contributed by atoms with Crippen LogP contribution in [0.15, 0.2) is 18.3 Å². The summed E-state index contributed by atoms with van der Waals surface area (Å²) in [7, 11) is 0. The topological polar surface area (TPSA) is 54.2 Å². The van der Waals surface area contributed by atoms with Crippen LogP contribution in [0.3, 0.4) is 0 Å². The van der Waals surface area contributed by atoms with Crippen LogP contribution in [-0.2, 0) is 0 Å². The van der Waals surface area contributed by atoms with Gasteiger partial charge in [0.2, 0.25) is 0 Å². The number of anilines is 2. The van der Waals surface area contributed by atoms with Crippen molar-refractivity contribution < 1.29 is 0 Å². The predicted octanol–water partition coefficient (Wildman–Crippen LogP) is 2.34. The molecule has 0 saturated carbocycles. The zero-order valence-corrected chi connectivity index (χ0v) is 11.4. The number of nitrogens with one attached hydrogen (secondary N) is 1. The molecular formula is C14H24N4. The Kier molecular flexibility index (Phi) is 4.42. The third kappa shape index (κ3) is 3.35. The molecule has 0 amide bonds. The number of aromatic nitrogens is 1. The molecular weight excluding hydrogens is 224 g/mol. The predicted molar refractivity (Wildman–Crippen MR) is 76.6 cm³/mol. The van der Waals surface area contributed by atoms with Crippen LogP contribution in [0.1, 0.15) is 33.1 Å². The van der Waals surface area contributed by atoms with Crippen molar-refractivity contribution in [2.24, 2.45) is 0 Å². The first kappa shape index (κ1) is 13.1. The fourth-order valence-electron chi connectivity index (χ4n) is 2.77. The molecule has 2 rings (SSSR count). The monoisotopic (exact) mass is 248 g/mol. The SMILES string of the molecule is CC1CCCC(C)N1CCNc1cc(N)ccn1. The van der Waals surface area contributed by atoms with Gasteiger partial charge in [-0.15, -0.1) is 0 Å². The molecule has 2 unspecified atom stereocenters. The first-order valence-electron chi connectivity index (χ1n) is 6.88. The van der Waals surface area contributed by atoms with Crippen LogP contribution in [0.25, 0.3) is 0 Å². The molecule has 0 aliphatic carbocycles. The second-order valence-corrected chi connectivity index (χ2v) is 5.27. The smallest absolute Gasteiger partial charge is 0.127 e. The number of nitrogens with two attached hydrogens (primary N) is 1. The molecule has 2 heterocycles. The van der Waals surface area contributed by atoms with Gasteiger partial charge in [0, 0.05) is 43.1 Å². The molecule has 100 valence electrons. The molecule has 4 nitrogen and oxygen atoms in total. The maximum absolute atomic E-state index is 5.73. The van der Waals surface area contributed by atoms with Crippen molar-refractivity contribution in [3.8, 4) is 0 Å². The zero-order valence-electron chi connectivity index (χ0n) is 11.4. The number of nitrogens with zero attached hydrogens (tertiary/aromatic N) is 2. The lowest BCUT2D eigenvalue weighted by Crippen LogP contribution is -2.45. The van der Waals surface area contributed by atoms with Crippen LogP contribution in [0.5, 0.6) is 0 Å². The van der Waals surface area contributed by atoms with Crippen molar-refractivity contribution in [1.82, 2.24) is 9.88 Å². The Hall–Kier alpha value is -1.29. The Morgan fingerprint density at radius 3 is 2.78 bits per heavy atom. The molecule has 1 aromatic rings. The molecule has 1 aliphatic heterocycles. The van der Waals surface area contributed by atoms with E-state index < -0.39 is 0 Å². The van der Waals surface area contributed by atoms with Gasteiger partial charge in [-0.1, -0.05) is 6.42 Å². The number of hydrogen-bond donors (Lipinski definition) is 2. The van der Waals surface area contributed by atoms with Crippen molar-refractivity contribution in [1.29, 1.82) is 0 Å². The van der Waals surface area contributed by atoms with Crippen LogP contribution >= 0.6 is 0 Å². The number of piperidine rings is 1. The maximum Gasteiger partial charge on any atom is 0.127 e. The summed E-state index contributed by atoms with van der Waals surface area (Å²) in [5, 5.41) is 3.34. The second kappa shape index (κ2) is 6.05. The minimum atomic E-state index is 0.698. The normalized spacial score (nSPS) is 25.0. The minimum Gasteiger partial charge on any atom is -0.399 e. The first-order chi connectivity index (χ1) is 8.66. The van der Waals surface area contributed by atoms with E-state index >= 15 is 0 Å². The summed E-state index contributed by atoms with van der Waals surface area (Å²) in [6.45, 7) is 6.65. The van der Waals surface area contributed by atoms with Gasteiger partial charge in [0.15, 0.2) is 0 Å². The summed E-state index contributed by atoms with van der Waals surface area (Å²) < 4.78 is 0. The van der Waals surface area contributed by atoms with Gasteiger partial charge in [0.1, 0.15) is 5.82 Å². The van der Waals surface area contributed by atoms with Crippen LogP contribution in [0.4, 0.5) is 11.5 Å². The van der Waals surface area contributed by atoms with Gasteiger partial charge >= 0.3 is 0 Å². The molecule has 1 aliphatic rings. The Morgan fingerprint density at radius 1 is 1.39 bits per heavy atom. The molecule has 1 saturated heterocycles. The number of hydrogen-bond acceptors (Lipinski definition) is 4. The van der Waals surface area contributed by atoms with Crippen LogP contribution < -0.4 is 11.1 Å². The molecule has 0 bridgehead atoms. The summed E-state index contributed by atoms with van der Waals surface area (Å²) >= 11 is 0. The summed E-state index contributed by atoms with van der Waals surface area (Å²) in [4.78, 5) is 6.84. The van der Waals surface area contributed by atoms with E-state index in [1.165, 1.54) is 19.3 Å². The maximum atomic E-state index is 5.73. The Morgan fingerprint density at radius 2 is 2.11 bits per heavy atom. The van der Waals surface area contributed by atoms with Crippen LogP contribution in [0.2, 0.25) is 0 Å². The van der Waals surface area contributed by atoms with Crippen molar-refractivity contribution in [2.45, 2.75) is 45.2 Å². The largest absolute Gasteiger partial charge is 0.399 e. The van der Waals surface area contributed by atoms with Gasteiger partial charge < -0.3 is 11.1 Å². The van der Waals surface area contributed by atoms with Gasteiger partial charge in [0.05, 0.1) is 0 Å². The molecule has 4 heteroatoms. The fourth-order valence-corrected chi connectivity index (χ4v) is 2.77. The molecule has 0 spiro atoms. The lowest BCUT2D eigenvalue weighted by atomic mass is 9.98. The van der Waals surface area contributed by atoms with Gasteiger partial charge in [-0.2, -0.15) is 0 Å². The molecule has 1 fully saturated rings. The third-order valence-corrected chi connectivity index (χ3v) is 3.84. The molecule has 18 heavy (non-hydrogen) atoms. The molecule has 1 aromatic heterocycles. The van der Waals surface area contributed by atoms with E-state index in [0.717, 1.165) is 24.6 Å². The highest BCUT2D eigenvalue weighted by Crippen LogP contribution is 2.21. The van der Waals surface area contributed by atoms with Crippen molar-refractivity contribution in [2.75, 3.05) is 24.1 Å². The van der Waals surface area contributed by atoms with E-state index in [2.05, 4.69) is 29.0 Å². The van der Waals surface area contributed by atoms with Crippen molar-refractivity contribution in [3.63, 3.8) is 0 Å². The van der Waals surface area contributed by atoms with Crippen LogP contribution in [-0.4, -0.2) is 35.1 Å². The second-order valence-electron chi connectivity index (χ2n) is 5.27. The van der Waals surface area contributed by atoms with E-state index in [-0.39, 0.29) is 0 Å². The highest BCUT2D eigenvalue weighted by molar-refractivity contribution is 5.48. The van der Waals surface area contributed by atoms with Gasteiger partial charge in [0.25, 0.3) is 0 Å². The van der Waals surface area contributed by atoms with Crippen LogP contribution in [0, 0.1) is 0 Å². The zero-order chi connectivity index (χ0) is 13.0. The summed E-state index contributed by atoms with van der Waals surface area (Å²) in [5.74, 6) is 0.868. The number of pyridine rings is 1. The Balaban J connectivity index is 1.81. The van der Waals surface area contributed by atoms with E-state index in [1.54, 1.807) is 12.3 Å². The Bertz CT molecular complexity index is 370. The molecule has 0 radical (unpaired) electrons. The number of nitrogen functional groups attached to an aromatic ring is 1.